The topological polar surface area (TPSA) is 26.3 Å². The van der Waals surface area contributed by atoms with E-state index < -0.39 is 0 Å². The summed E-state index contributed by atoms with van der Waals surface area (Å²) in [5.74, 6) is 1.31. The normalized spacial score (nSPS) is 37.9. The molecule has 0 aromatic rings. The summed E-state index contributed by atoms with van der Waals surface area (Å²) in [7, 11) is 0. The SMILES string of the molecule is C/C1=C\CC2CCCC2/C=C/CCCC(C)OC1=O. The Labute approximate surface area is 116 Å². The standard InChI is InChI=1S/C17H26O2/c1-13-11-12-16-10-6-9-15(16)8-5-3-4-7-14(2)19-17(13)18/h5,8,11,14-16H,3-4,6-7,9-10,12H2,1-2H3/b8-5+,13-11+. The molecule has 1 saturated carbocycles. The van der Waals surface area contributed by atoms with Gasteiger partial charge in [0.1, 0.15) is 0 Å². The van der Waals surface area contributed by atoms with Crippen LogP contribution in [0.2, 0.25) is 0 Å². The zero-order valence-corrected chi connectivity index (χ0v) is 12.2. The van der Waals surface area contributed by atoms with Gasteiger partial charge in [-0.2, -0.15) is 0 Å². The Morgan fingerprint density at radius 1 is 1.21 bits per heavy atom. The highest BCUT2D eigenvalue weighted by atomic mass is 16.5. The maximum Gasteiger partial charge on any atom is 0.333 e. The number of hydrogen-bond donors (Lipinski definition) is 0. The van der Waals surface area contributed by atoms with Crippen molar-refractivity contribution in [3.63, 3.8) is 0 Å². The molecule has 0 spiro atoms. The first kappa shape index (κ1) is 14.4. The number of allylic oxidation sites excluding steroid dienone is 3. The van der Waals surface area contributed by atoms with E-state index in [0.29, 0.717) is 0 Å². The molecule has 1 fully saturated rings. The molecule has 3 atom stereocenters. The number of ether oxygens (including phenoxy) is 1. The fraction of sp³-hybridized carbons (Fsp3) is 0.706. The minimum Gasteiger partial charge on any atom is -0.459 e. The summed E-state index contributed by atoms with van der Waals surface area (Å²) in [6.07, 6.45) is 15.0. The largest absolute Gasteiger partial charge is 0.459 e. The van der Waals surface area contributed by atoms with Crippen molar-refractivity contribution in [3.05, 3.63) is 23.8 Å². The second kappa shape index (κ2) is 6.93. The minimum absolute atomic E-state index is 0.0319. The summed E-state index contributed by atoms with van der Waals surface area (Å²) in [5.41, 5.74) is 0.778. The van der Waals surface area contributed by atoms with Gasteiger partial charge in [-0.05, 0) is 64.2 Å². The van der Waals surface area contributed by atoms with Crippen LogP contribution in [0.4, 0.5) is 0 Å². The quantitative estimate of drug-likeness (QED) is 0.477. The second-order valence-electron chi connectivity index (χ2n) is 6.05. The van der Waals surface area contributed by atoms with Crippen LogP contribution >= 0.6 is 0 Å². The molecule has 106 valence electrons. The van der Waals surface area contributed by atoms with Crippen LogP contribution in [0.1, 0.15) is 58.8 Å². The van der Waals surface area contributed by atoms with Crippen molar-refractivity contribution in [1.82, 2.24) is 0 Å². The van der Waals surface area contributed by atoms with Gasteiger partial charge in [0.15, 0.2) is 0 Å². The molecule has 2 nitrogen and oxygen atoms in total. The third kappa shape index (κ3) is 4.22. The molecule has 0 N–H and O–H groups in total. The molecule has 2 aliphatic rings. The predicted octanol–water partition coefficient (Wildman–Crippen LogP) is 4.41. The molecule has 0 bridgehead atoms. The molecule has 1 aliphatic carbocycles. The van der Waals surface area contributed by atoms with Gasteiger partial charge in [0.05, 0.1) is 6.10 Å². The van der Waals surface area contributed by atoms with Crippen LogP contribution < -0.4 is 0 Å². The van der Waals surface area contributed by atoms with Crippen LogP contribution in [-0.4, -0.2) is 12.1 Å². The van der Waals surface area contributed by atoms with Crippen LogP contribution in [0.3, 0.4) is 0 Å². The van der Waals surface area contributed by atoms with Gasteiger partial charge in [-0.1, -0.05) is 24.6 Å². The minimum atomic E-state index is -0.130. The Hall–Kier alpha value is -1.05. The van der Waals surface area contributed by atoms with E-state index in [1.54, 1.807) is 0 Å². The Balaban J connectivity index is 2.07. The van der Waals surface area contributed by atoms with E-state index in [9.17, 15) is 4.79 Å². The van der Waals surface area contributed by atoms with Crippen LogP contribution in [-0.2, 0) is 9.53 Å². The number of fused-ring (bicyclic) bond motifs is 1. The molecule has 0 aromatic heterocycles. The fourth-order valence-electron chi connectivity index (χ4n) is 3.15. The maximum atomic E-state index is 11.9. The number of rotatable bonds is 0. The molecule has 0 saturated heterocycles. The van der Waals surface area contributed by atoms with Crippen LogP contribution in [0.15, 0.2) is 23.8 Å². The molecule has 0 radical (unpaired) electrons. The van der Waals surface area contributed by atoms with E-state index in [2.05, 4.69) is 18.2 Å². The monoisotopic (exact) mass is 262 g/mol. The van der Waals surface area contributed by atoms with Crippen molar-refractivity contribution in [3.8, 4) is 0 Å². The summed E-state index contributed by atoms with van der Waals surface area (Å²) in [6.45, 7) is 3.87. The third-order valence-corrected chi connectivity index (χ3v) is 4.44. The van der Waals surface area contributed by atoms with Gasteiger partial charge in [0, 0.05) is 5.57 Å². The van der Waals surface area contributed by atoms with Crippen LogP contribution in [0.5, 0.6) is 0 Å². The Bertz CT molecular complexity index is 367. The van der Waals surface area contributed by atoms with Gasteiger partial charge in [-0.3, -0.25) is 0 Å². The molecule has 1 heterocycles. The van der Waals surface area contributed by atoms with Gasteiger partial charge in [-0.25, -0.2) is 4.79 Å². The van der Waals surface area contributed by atoms with Crippen molar-refractivity contribution in [2.24, 2.45) is 11.8 Å². The highest BCUT2D eigenvalue weighted by Gasteiger charge is 2.24. The number of carbonyl (C=O) groups excluding carboxylic acids is 1. The summed E-state index contributed by atoms with van der Waals surface area (Å²) < 4.78 is 5.46. The van der Waals surface area contributed by atoms with Crippen molar-refractivity contribution < 1.29 is 9.53 Å². The van der Waals surface area contributed by atoms with Crippen molar-refractivity contribution >= 4 is 5.97 Å². The molecule has 2 heteroatoms. The average Bonchev–Trinajstić information content (AvgIpc) is 2.82. The Kier molecular flexibility index (Phi) is 5.24. The molecular formula is C17H26O2. The first-order valence-corrected chi connectivity index (χ1v) is 7.71. The highest BCUT2D eigenvalue weighted by molar-refractivity contribution is 5.87. The smallest absolute Gasteiger partial charge is 0.333 e. The highest BCUT2D eigenvalue weighted by Crippen LogP contribution is 2.35. The summed E-state index contributed by atoms with van der Waals surface area (Å²) in [6, 6.07) is 0. The maximum absolute atomic E-state index is 11.9. The van der Waals surface area contributed by atoms with Crippen LogP contribution in [0, 0.1) is 11.8 Å². The van der Waals surface area contributed by atoms with E-state index in [0.717, 1.165) is 43.1 Å². The van der Waals surface area contributed by atoms with Crippen molar-refractivity contribution in [2.45, 2.75) is 64.9 Å². The predicted molar refractivity (Wildman–Crippen MR) is 77.8 cm³/mol. The van der Waals surface area contributed by atoms with E-state index in [4.69, 9.17) is 4.74 Å². The molecule has 19 heavy (non-hydrogen) atoms. The van der Waals surface area contributed by atoms with Gasteiger partial charge >= 0.3 is 5.97 Å². The van der Waals surface area contributed by atoms with Gasteiger partial charge in [-0.15, -0.1) is 0 Å². The van der Waals surface area contributed by atoms with E-state index in [1.807, 2.05) is 13.8 Å². The van der Waals surface area contributed by atoms with E-state index in [-0.39, 0.29) is 12.1 Å². The molecular weight excluding hydrogens is 236 g/mol. The lowest BCUT2D eigenvalue weighted by Gasteiger charge is -2.14. The Morgan fingerprint density at radius 2 is 2.05 bits per heavy atom. The molecule has 2 rings (SSSR count). The van der Waals surface area contributed by atoms with Gasteiger partial charge in [0.25, 0.3) is 0 Å². The zero-order chi connectivity index (χ0) is 13.7. The van der Waals surface area contributed by atoms with Crippen molar-refractivity contribution in [2.75, 3.05) is 0 Å². The molecule has 1 aliphatic heterocycles. The summed E-state index contributed by atoms with van der Waals surface area (Å²) >= 11 is 0. The number of cyclic esters (lactones) is 1. The molecule has 0 amide bonds. The lowest BCUT2D eigenvalue weighted by Crippen LogP contribution is -2.15. The second-order valence-corrected chi connectivity index (χ2v) is 6.05. The molecule has 0 aromatic carbocycles. The first-order chi connectivity index (χ1) is 9.16. The fourth-order valence-corrected chi connectivity index (χ4v) is 3.15. The number of carbonyl (C=O) groups is 1. The zero-order valence-electron chi connectivity index (χ0n) is 12.2. The number of esters is 1. The van der Waals surface area contributed by atoms with Gasteiger partial charge < -0.3 is 4.74 Å². The van der Waals surface area contributed by atoms with E-state index >= 15 is 0 Å². The van der Waals surface area contributed by atoms with Crippen LogP contribution in [0.25, 0.3) is 0 Å². The lowest BCUT2D eigenvalue weighted by atomic mass is 9.91. The Morgan fingerprint density at radius 3 is 2.89 bits per heavy atom. The summed E-state index contributed by atoms with van der Waals surface area (Å²) in [4.78, 5) is 11.9. The van der Waals surface area contributed by atoms with Crippen molar-refractivity contribution in [1.29, 1.82) is 0 Å². The number of hydrogen-bond acceptors (Lipinski definition) is 2. The average molecular weight is 262 g/mol. The lowest BCUT2D eigenvalue weighted by molar-refractivity contribution is -0.143. The first-order valence-electron chi connectivity index (χ1n) is 7.71. The molecule has 3 unspecified atom stereocenters. The van der Waals surface area contributed by atoms with E-state index in [1.165, 1.54) is 19.3 Å². The summed E-state index contributed by atoms with van der Waals surface area (Å²) in [5, 5.41) is 0. The van der Waals surface area contributed by atoms with Gasteiger partial charge in [0.2, 0.25) is 0 Å². The third-order valence-electron chi connectivity index (χ3n) is 4.44.